The average Bonchev–Trinajstić information content (AvgIpc) is 2.80. The lowest BCUT2D eigenvalue weighted by molar-refractivity contribution is -0.112. The number of carbonyl (C=O) groups is 1. The van der Waals surface area contributed by atoms with E-state index in [1.54, 1.807) is 13.2 Å². The van der Waals surface area contributed by atoms with Crippen LogP contribution in [0, 0.1) is 0 Å². The van der Waals surface area contributed by atoms with Crippen LogP contribution < -0.4 is 4.74 Å². The van der Waals surface area contributed by atoms with Crippen LogP contribution in [0.15, 0.2) is 53.6 Å². The summed E-state index contributed by atoms with van der Waals surface area (Å²) in [6, 6.07) is 13.5. The number of carbonyl (C=O) groups excluding carboxylic acids is 1. The number of hydrogen-bond acceptors (Lipinski definition) is 4. The Morgan fingerprint density at radius 1 is 0.903 bits per heavy atom. The second-order valence-corrected chi connectivity index (χ2v) is 8.52. The van der Waals surface area contributed by atoms with Gasteiger partial charge in [0.25, 0.3) is 0 Å². The monoisotopic (exact) mass is 417 g/mol. The van der Waals surface area contributed by atoms with Crippen molar-refractivity contribution in [1.82, 2.24) is 4.90 Å². The van der Waals surface area contributed by atoms with Crippen molar-refractivity contribution in [3.8, 4) is 11.5 Å². The summed E-state index contributed by atoms with van der Waals surface area (Å²) < 4.78 is 5.21. The van der Waals surface area contributed by atoms with Crippen molar-refractivity contribution in [2.45, 2.75) is 45.1 Å². The van der Waals surface area contributed by atoms with Crippen LogP contribution in [0.5, 0.6) is 11.5 Å². The first-order valence-corrected chi connectivity index (χ1v) is 11.3. The number of rotatable bonds is 5. The third-order valence-corrected chi connectivity index (χ3v) is 6.22. The summed E-state index contributed by atoms with van der Waals surface area (Å²) in [4.78, 5) is 15.5. The molecule has 2 aliphatic rings. The van der Waals surface area contributed by atoms with Crippen molar-refractivity contribution in [2.75, 3.05) is 20.2 Å². The number of methoxy groups -OCH3 is 1. The Bertz CT molecular complexity index is 982. The molecule has 0 atom stereocenters. The van der Waals surface area contributed by atoms with Gasteiger partial charge in [0.15, 0.2) is 5.78 Å². The van der Waals surface area contributed by atoms with Gasteiger partial charge in [-0.05, 0) is 92.7 Å². The van der Waals surface area contributed by atoms with Crippen LogP contribution >= 0.6 is 0 Å². The van der Waals surface area contributed by atoms with Gasteiger partial charge in [0, 0.05) is 23.3 Å². The molecule has 0 unspecified atom stereocenters. The lowest BCUT2D eigenvalue weighted by atomic mass is 9.86. The molecule has 0 bridgehead atoms. The lowest BCUT2D eigenvalue weighted by Crippen LogP contribution is -2.29. The van der Waals surface area contributed by atoms with Gasteiger partial charge in [-0.3, -0.25) is 9.69 Å². The van der Waals surface area contributed by atoms with Gasteiger partial charge >= 0.3 is 0 Å². The molecule has 1 aliphatic heterocycles. The molecule has 1 N–H and O–H groups in total. The Kier molecular flexibility index (Phi) is 6.88. The predicted molar refractivity (Wildman–Crippen MR) is 125 cm³/mol. The molecule has 2 aromatic rings. The van der Waals surface area contributed by atoms with Crippen LogP contribution in [0.2, 0.25) is 0 Å². The van der Waals surface area contributed by atoms with Crippen LogP contribution in [0.4, 0.5) is 0 Å². The third-order valence-electron chi connectivity index (χ3n) is 6.22. The first-order valence-electron chi connectivity index (χ1n) is 11.3. The minimum absolute atomic E-state index is 0.132. The van der Waals surface area contributed by atoms with E-state index in [2.05, 4.69) is 4.90 Å². The zero-order valence-electron chi connectivity index (χ0n) is 18.3. The Labute approximate surface area is 184 Å². The fraction of sp³-hybridized carbons (Fsp3) is 0.370. The highest BCUT2D eigenvalue weighted by Gasteiger charge is 2.21. The lowest BCUT2D eigenvalue weighted by Gasteiger charge is -2.26. The number of nitrogens with zero attached hydrogens (tertiary/aromatic N) is 1. The largest absolute Gasteiger partial charge is 0.508 e. The summed E-state index contributed by atoms with van der Waals surface area (Å²) in [5.74, 6) is 1.28. The van der Waals surface area contributed by atoms with Gasteiger partial charge in [0.1, 0.15) is 11.5 Å². The Morgan fingerprint density at radius 3 is 2.23 bits per heavy atom. The van der Waals surface area contributed by atoms with Crippen LogP contribution in [-0.4, -0.2) is 36.0 Å². The zero-order chi connectivity index (χ0) is 21.6. The standard InChI is InChI=1S/C27H31NO3/c1-31-25-11-8-20(9-12-25)16-22-6-5-7-23(27(22)30)17-21-10-13-26(29)24(18-21)19-28-14-3-2-4-15-28/h8-13,16-18,29H,2-7,14-15,19H2,1H3/b22-16+,23-17-. The summed E-state index contributed by atoms with van der Waals surface area (Å²) in [5.41, 5.74) is 4.64. The van der Waals surface area contributed by atoms with Crippen LogP contribution in [-0.2, 0) is 11.3 Å². The van der Waals surface area contributed by atoms with Crippen LogP contribution in [0.1, 0.15) is 55.2 Å². The number of ketones is 1. The zero-order valence-corrected chi connectivity index (χ0v) is 18.3. The van der Waals surface area contributed by atoms with Crippen molar-refractivity contribution in [2.24, 2.45) is 0 Å². The van der Waals surface area contributed by atoms with E-state index in [0.717, 1.165) is 72.5 Å². The summed E-state index contributed by atoms with van der Waals surface area (Å²) >= 11 is 0. The smallest absolute Gasteiger partial charge is 0.185 e. The van der Waals surface area contributed by atoms with Gasteiger partial charge < -0.3 is 9.84 Å². The van der Waals surface area contributed by atoms with Gasteiger partial charge in [-0.25, -0.2) is 0 Å². The molecule has 4 nitrogen and oxygen atoms in total. The number of phenols is 1. The fourth-order valence-corrected chi connectivity index (χ4v) is 4.46. The van der Waals surface area contributed by atoms with E-state index >= 15 is 0 Å². The number of hydrogen-bond donors (Lipinski definition) is 1. The molecule has 4 rings (SSSR count). The quantitative estimate of drug-likeness (QED) is 0.643. The van der Waals surface area contributed by atoms with E-state index in [0.29, 0.717) is 5.75 Å². The molecular weight excluding hydrogens is 386 g/mol. The molecule has 1 heterocycles. The Balaban J connectivity index is 1.52. The maximum Gasteiger partial charge on any atom is 0.185 e. The summed E-state index contributed by atoms with van der Waals surface area (Å²) in [7, 11) is 1.65. The van der Waals surface area contributed by atoms with Crippen molar-refractivity contribution < 1.29 is 14.6 Å². The Morgan fingerprint density at radius 2 is 1.55 bits per heavy atom. The Hall–Kier alpha value is -2.85. The number of likely N-dealkylation sites (tertiary alicyclic amines) is 1. The number of phenolic OH excluding ortho intramolecular Hbond substituents is 1. The van der Waals surface area contributed by atoms with Crippen LogP contribution in [0.25, 0.3) is 12.2 Å². The topological polar surface area (TPSA) is 49.8 Å². The molecular formula is C27H31NO3. The summed E-state index contributed by atoms with van der Waals surface area (Å²) in [5, 5.41) is 10.3. The van der Waals surface area contributed by atoms with E-state index in [-0.39, 0.29) is 5.78 Å². The van der Waals surface area contributed by atoms with E-state index in [1.165, 1.54) is 19.3 Å². The van der Waals surface area contributed by atoms with Gasteiger partial charge in [0.2, 0.25) is 0 Å². The molecule has 0 aromatic heterocycles. The summed E-state index contributed by atoms with van der Waals surface area (Å²) in [6.07, 6.45) is 10.3. The van der Waals surface area contributed by atoms with Gasteiger partial charge in [-0.15, -0.1) is 0 Å². The minimum Gasteiger partial charge on any atom is -0.508 e. The maximum atomic E-state index is 13.1. The normalized spacial score (nSPS) is 20.4. The average molecular weight is 418 g/mol. The molecule has 1 saturated heterocycles. The molecule has 2 fully saturated rings. The molecule has 0 amide bonds. The summed E-state index contributed by atoms with van der Waals surface area (Å²) in [6.45, 7) is 2.94. The molecule has 2 aromatic carbocycles. The van der Waals surface area contributed by atoms with Crippen molar-refractivity contribution in [1.29, 1.82) is 0 Å². The minimum atomic E-state index is 0.132. The number of ether oxygens (including phenoxy) is 1. The number of benzene rings is 2. The molecule has 0 radical (unpaired) electrons. The number of Topliss-reactive ketones (excluding diaryl/α,β-unsaturated/α-hetero) is 1. The second kappa shape index (κ2) is 9.97. The molecule has 1 aliphatic carbocycles. The molecule has 0 spiro atoms. The first-order chi connectivity index (χ1) is 15.1. The van der Waals surface area contributed by atoms with Crippen molar-refractivity contribution >= 4 is 17.9 Å². The SMILES string of the molecule is COc1ccc(/C=C2\CCC/C(=C/c3ccc(O)c(CN4CCCCC4)c3)C2=O)cc1. The second-order valence-electron chi connectivity index (χ2n) is 8.52. The van der Waals surface area contributed by atoms with Crippen molar-refractivity contribution in [3.05, 3.63) is 70.3 Å². The molecule has 4 heteroatoms. The van der Waals surface area contributed by atoms with Gasteiger partial charge in [0.05, 0.1) is 7.11 Å². The van der Waals surface area contributed by atoms with E-state index < -0.39 is 0 Å². The molecule has 1 saturated carbocycles. The van der Waals surface area contributed by atoms with Crippen molar-refractivity contribution in [3.63, 3.8) is 0 Å². The fourth-order valence-electron chi connectivity index (χ4n) is 4.46. The van der Waals surface area contributed by atoms with E-state index in [4.69, 9.17) is 4.74 Å². The highest BCUT2D eigenvalue weighted by atomic mass is 16.5. The highest BCUT2D eigenvalue weighted by molar-refractivity contribution is 6.13. The van der Waals surface area contributed by atoms with Gasteiger partial charge in [-0.2, -0.15) is 0 Å². The van der Waals surface area contributed by atoms with E-state index in [9.17, 15) is 9.90 Å². The highest BCUT2D eigenvalue weighted by Crippen LogP contribution is 2.30. The number of allylic oxidation sites excluding steroid dienone is 2. The third kappa shape index (κ3) is 5.45. The van der Waals surface area contributed by atoms with Gasteiger partial charge in [-0.1, -0.05) is 24.6 Å². The number of piperidine rings is 1. The van der Waals surface area contributed by atoms with Crippen LogP contribution in [0.3, 0.4) is 0 Å². The van der Waals surface area contributed by atoms with E-state index in [1.807, 2.05) is 48.6 Å². The first kappa shape index (κ1) is 21.4. The molecule has 31 heavy (non-hydrogen) atoms. The predicted octanol–water partition coefficient (Wildman–Crippen LogP) is 5.61. The number of aromatic hydroxyl groups is 1. The molecule has 162 valence electrons. The maximum absolute atomic E-state index is 13.1.